The maximum absolute atomic E-state index is 9.79. The van der Waals surface area contributed by atoms with Crippen LogP contribution in [-0.2, 0) is 0 Å². The summed E-state index contributed by atoms with van der Waals surface area (Å²) in [5.74, 6) is 0.211. The summed E-state index contributed by atoms with van der Waals surface area (Å²) in [7, 11) is 0. The molecule has 75 valence electrons. The van der Waals surface area contributed by atoms with Crippen LogP contribution in [0.5, 0.6) is 0 Å². The van der Waals surface area contributed by atoms with Gasteiger partial charge in [-0.05, 0) is 30.5 Å². The molecule has 0 amide bonds. The Morgan fingerprint density at radius 2 is 2.14 bits per heavy atom. The molecule has 2 rings (SSSR count). The van der Waals surface area contributed by atoms with Crippen molar-refractivity contribution in [1.29, 1.82) is 0 Å². The molecule has 0 aliphatic heterocycles. The van der Waals surface area contributed by atoms with Crippen molar-refractivity contribution in [2.75, 3.05) is 0 Å². The number of halogens is 1. The summed E-state index contributed by atoms with van der Waals surface area (Å²) >= 11 is 5.92. The highest BCUT2D eigenvalue weighted by Gasteiger charge is 2.25. The molecule has 0 saturated heterocycles. The molecule has 2 heteroatoms. The fourth-order valence-electron chi connectivity index (χ4n) is 2.08. The maximum Gasteiger partial charge on any atom is 0.101 e. The largest absolute Gasteiger partial charge is 0.386 e. The van der Waals surface area contributed by atoms with Crippen LogP contribution in [0.25, 0.3) is 0 Å². The molecular formula is C12H14ClO. The lowest BCUT2D eigenvalue weighted by Crippen LogP contribution is -2.15. The average molecular weight is 210 g/mol. The molecule has 0 heterocycles. The van der Waals surface area contributed by atoms with Crippen molar-refractivity contribution in [3.63, 3.8) is 0 Å². The molecule has 1 atom stereocenters. The smallest absolute Gasteiger partial charge is 0.101 e. The molecule has 0 bridgehead atoms. The lowest BCUT2D eigenvalue weighted by Gasteiger charge is -2.26. The lowest BCUT2D eigenvalue weighted by atomic mass is 9.82. The summed E-state index contributed by atoms with van der Waals surface area (Å²) in [6.07, 6.45) is 4.83. The third-order valence-corrected chi connectivity index (χ3v) is 3.06. The van der Waals surface area contributed by atoms with Crippen molar-refractivity contribution in [2.45, 2.75) is 31.6 Å². The minimum absolute atomic E-state index is 0.211. The summed E-state index contributed by atoms with van der Waals surface area (Å²) in [4.78, 5) is 0. The van der Waals surface area contributed by atoms with Crippen LogP contribution in [0, 0.1) is 6.10 Å². The first kappa shape index (κ1) is 10.0. The highest BCUT2D eigenvalue weighted by Crippen LogP contribution is 2.37. The predicted octanol–water partition coefficient (Wildman–Crippen LogP) is 3.90. The van der Waals surface area contributed by atoms with E-state index in [4.69, 9.17) is 11.6 Å². The van der Waals surface area contributed by atoms with E-state index < -0.39 is 0 Å². The van der Waals surface area contributed by atoms with Gasteiger partial charge in [0.2, 0.25) is 0 Å². The Morgan fingerprint density at radius 1 is 1.29 bits per heavy atom. The van der Waals surface area contributed by atoms with E-state index in [-0.39, 0.29) is 5.92 Å². The molecule has 1 fully saturated rings. The van der Waals surface area contributed by atoms with Gasteiger partial charge in [0.05, 0.1) is 0 Å². The van der Waals surface area contributed by atoms with Crippen molar-refractivity contribution < 1.29 is 5.11 Å². The van der Waals surface area contributed by atoms with E-state index in [1.807, 2.05) is 24.3 Å². The Balaban J connectivity index is 2.20. The Labute approximate surface area is 89.7 Å². The SMILES string of the molecule is O[C]1CCCCC1c1cccc(Cl)c1. The minimum atomic E-state index is 0.211. The minimum Gasteiger partial charge on any atom is -0.386 e. The number of rotatable bonds is 1. The monoisotopic (exact) mass is 209 g/mol. The zero-order chi connectivity index (χ0) is 9.97. The molecule has 1 aliphatic rings. The molecule has 1 unspecified atom stereocenters. The zero-order valence-electron chi connectivity index (χ0n) is 8.04. The highest BCUT2D eigenvalue weighted by atomic mass is 35.5. The number of hydrogen-bond acceptors (Lipinski definition) is 1. The Kier molecular flexibility index (Phi) is 3.09. The zero-order valence-corrected chi connectivity index (χ0v) is 8.80. The van der Waals surface area contributed by atoms with Gasteiger partial charge in [0.15, 0.2) is 0 Å². The van der Waals surface area contributed by atoms with Crippen molar-refractivity contribution in [3.05, 3.63) is 41.0 Å². The van der Waals surface area contributed by atoms with Gasteiger partial charge in [-0.2, -0.15) is 0 Å². The van der Waals surface area contributed by atoms with Gasteiger partial charge < -0.3 is 5.11 Å². The number of hydrogen-bond donors (Lipinski definition) is 1. The van der Waals surface area contributed by atoms with Crippen molar-refractivity contribution in [1.82, 2.24) is 0 Å². The van der Waals surface area contributed by atoms with E-state index in [9.17, 15) is 5.11 Å². The standard InChI is InChI=1S/C12H14ClO/c13-10-5-3-4-9(8-10)11-6-1-2-7-12(11)14/h3-5,8,11,14H,1-2,6-7H2. The third-order valence-electron chi connectivity index (χ3n) is 2.83. The fraction of sp³-hybridized carbons (Fsp3) is 0.417. The van der Waals surface area contributed by atoms with Gasteiger partial charge in [-0.15, -0.1) is 0 Å². The van der Waals surface area contributed by atoms with Crippen LogP contribution in [-0.4, -0.2) is 5.11 Å². The Morgan fingerprint density at radius 3 is 2.86 bits per heavy atom. The average Bonchev–Trinajstić information content (AvgIpc) is 2.18. The molecule has 14 heavy (non-hydrogen) atoms. The molecule has 1 aromatic rings. The summed E-state index contributed by atoms with van der Waals surface area (Å²) in [6, 6.07) is 7.80. The Bertz CT molecular complexity index is 311. The molecule has 1 aromatic carbocycles. The summed E-state index contributed by atoms with van der Waals surface area (Å²) in [6.45, 7) is 0. The van der Waals surface area contributed by atoms with E-state index in [1.165, 1.54) is 6.42 Å². The molecule has 1 N–H and O–H groups in total. The van der Waals surface area contributed by atoms with E-state index >= 15 is 0 Å². The molecule has 0 spiro atoms. The van der Waals surface area contributed by atoms with Crippen LogP contribution in [0.2, 0.25) is 5.02 Å². The van der Waals surface area contributed by atoms with Crippen LogP contribution in [0.15, 0.2) is 24.3 Å². The fourth-order valence-corrected chi connectivity index (χ4v) is 2.28. The van der Waals surface area contributed by atoms with Gasteiger partial charge in [-0.1, -0.05) is 36.6 Å². The summed E-state index contributed by atoms with van der Waals surface area (Å²) in [5.41, 5.74) is 1.15. The molecule has 0 aromatic heterocycles. The second-order valence-corrected chi connectivity index (χ2v) is 4.28. The molecule has 1 saturated carbocycles. The summed E-state index contributed by atoms with van der Waals surface area (Å²) < 4.78 is 0. The van der Waals surface area contributed by atoms with Gasteiger partial charge in [-0.3, -0.25) is 0 Å². The first-order valence-corrected chi connectivity index (χ1v) is 5.45. The second kappa shape index (κ2) is 4.33. The number of aliphatic hydroxyl groups is 1. The molecule has 1 nitrogen and oxygen atoms in total. The third kappa shape index (κ3) is 2.10. The van der Waals surface area contributed by atoms with Gasteiger partial charge in [0.1, 0.15) is 6.10 Å². The van der Waals surface area contributed by atoms with Crippen LogP contribution in [0.4, 0.5) is 0 Å². The number of benzene rings is 1. The number of aliphatic hydroxyl groups excluding tert-OH is 1. The van der Waals surface area contributed by atoms with E-state index in [0.29, 0.717) is 6.10 Å². The van der Waals surface area contributed by atoms with Crippen molar-refractivity contribution in [2.24, 2.45) is 0 Å². The van der Waals surface area contributed by atoms with E-state index in [0.717, 1.165) is 29.8 Å². The van der Waals surface area contributed by atoms with Crippen LogP contribution in [0.3, 0.4) is 0 Å². The van der Waals surface area contributed by atoms with E-state index in [1.54, 1.807) is 0 Å². The quantitative estimate of drug-likeness (QED) is 0.744. The molecular weight excluding hydrogens is 196 g/mol. The Hall–Kier alpha value is -0.530. The second-order valence-electron chi connectivity index (χ2n) is 3.84. The first-order chi connectivity index (χ1) is 6.77. The normalized spacial score (nSPS) is 23.7. The van der Waals surface area contributed by atoms with Crippen molar-refractivity contribution >= 4 is 11.6 Å². The van der Waals surface area contributed by atoms with Gasteiger partial charge >= 0.3 is 0 Å². The first-order valence-electron chi connectivity index (χ1n) is 5.07. The maximum atomic E-state index is 9.79. The lowest BCUT2D eigenvalue weighted by molar-refractivity contribution is 0.214. The van der Waals surface area contributed by atoms with Crippen LogP contribution >= 0.6 is 11.6 Å². The summed E-state index contributed by atoms with van der Waals surface area (Å²) in [5, 5.41) is 10.5. The van der Waals surface area contributed by atoms with Crippen LogP contribution < -0.4 is 0 Å². The van der Waals surface area contributed by atoms with Crippen molar-refractivity contribution in [3.8, 4) is 0 Å². The predicted molar refractivity (Wildman–Crippen MR) is 57.8 cm³/mol. The topological polar surface area (TPSA) is 20.2 Å². The van der Waals surface area contributed by atoms with E-state index in [2.05, 4.69) is 0 Å². The van der Waals surface area contributed by atoms with Gasteiger partial charge in [-0.25, -0.2) is 0 Å². The van der Waals surface area contributed by atoms with Gasteiger partial charge in [0, 0.05) is 10.9 Å². The molecule has 1 radical (unpaired) electrons. The van der Waals surface area contributed by atoms with Gasteiger partial charge in [0.25, 0.3) is 0 Å². The van der Waals surface area contributed by atoms with Crippen LogP contribution in [0.1, 0.15) is 37.2 Å². The highest BCUT2D eigenvalue weighted by molar-refractivity contribution is 6.30. The molecule has 1 aliphatic carbocycles.